The summed E-state index contributed by atoms with van der Waals surface area (Å²) in [6, 6.07) is 6.48. The van der Waals surface area contributed by atoms with Crippen LogP contribution in [0, 0.1) is 6.92 Å². The van der Waals surface area contributed by atoms with Crippen LogP contribution in [-0.2, 0) is 16.4 Å². The Balaban J connectivity index is 2.06. The van der Waals surface area contributed by atoms with Gasteiger partial charge >= 0.3 is 0 Å². The molecule has 0 unspecified atom stereocenters. The predicted octanol–water partition coefficient (Wildman–Crippen LogP) is 2.12. The smallest absolute Gasteiger partial charge is 0.152 e. The Bertz CT molecular complexity index is 570. The molecule has 2 rings (SSSR count). The van der Waals surface area contributed by atoms with Crippen LogP contribution < -0.4 is 10.2 Å². The van der Waals surface area contributed by atoms with Gasteiger partial charge in [0.2, 0.25) is 0 Å². The lowest BCUT2D eigenvalue weighted by atomic mass is 10.1. The lowest BCUT2D eigenvalue weighted by Gasteiger charge is -2.24. The fourth-order valence-electron chi connectivity index (χ4n) is 2.77. The third kappa shape index (κ3) is 4.71. The zero-order valence-corrected chi connectivity index (χ0v) is 13.9. The largest absolute Gasteiger partial charge is 0.370 e. The van der Waals surface area contributed by atoms with Crippen molar-refractivity contribution >= 4 is 15.5 Å². The normalized spacial score (nSPS) is 18.5. The first kappa shape index (κ1) is 16.3. The zero-order valence-electron chi connectivity index (χ0n) is 13.1. The summed E-state index contributed by atoms with van der Waals surface area (Å²) in [6.07, 6.45) is 1.86. The van der Waals surface area contributed by atoms with E-state index >= 15 is 0 Å². The van der Waals surface area contributed by atoms with Gasteiger partial charge in [0.15, 0.2) is 9.84 Å². The number of aryl methyl sites for hydroxylation is 1. The third-order valence-electron chi connectivity index (χ3n) is 3.91. The Morgan fingerprint density at radius 3 is 2.76 bits per heavy atom. The lowest BCUT2D eigenvalue weighted by molar-refractivity contribution is 0.597. The molecule has 0 atom stereocenters. The number of benzene rings is 1. The van der Waals surface area contributed by atoms with Crippen LogP contribution in [0.5, 0.6) is 0 Å². The van der Waals surface area contributed by atoms with E-state index in [0.29, 0.717) is 12.3 Å². The van der Waals surface area contributed by atoms with Crippen molar-refractivity contribution < 1.29 is 8.42 Å². The molecule has 4 nitrogen and oxygen atoms in total. The fourth-order valence-corrected chi connectivity index (χ4v) is 4.04. The minimum atomic E-state index is -2.85. The summed E-state index contributed by atoms with van der Waals surface area (Å²) in [5.41, 5.74) is 3.68. The quantitative estimate of drug-likeness (QED) is 0.846. The van der Waals surface area contributed by atoms with Crippen molar-refractivity contribution in [1.29, 1.82) is 0 Å². The summed E-state index contributed by atoms with van der Waals surface area (Å²) in [6.45, 7) is 7.63. The van der Waals surface area contributed by atoms with E-state index in [4.69, 9.17) is 0 Å². The Hall–Kier alpha value is -1.07. The van der Waals surface area contributed by atoms with Crippen molar-refractivity contribution in [2.75, 3.05) is 36.0 Å². The van der Waals surface area contributed by atoms with Gasteiger partial charge in [-0.25, -0.2) is 8.42 Å². The van der Waals surface area contributed by atoms with Gasteiger partial charge in [0.05, 0.1) is 11.5 Å². The maximum absolute atomic E-state index is 11.7. The van der Waals surface area contributed by atoms with Crippen LogP contribution >= 0.6 is 0 Å². The average Bonchev–Trinajstić information content (AvgIpc) is 2.60. The highest BCUT2D eigenvalue weighted by Crippen LogP contribution is 2.23. The zero-order chi connectivity index (χ0) is 15.3. The first-order chi connectivity index (χ1) is 10.0. The van der Waals surface area contributed by atoms with Gasteiger partial charge in [0.1, 0.15) is 0 Å². The number of hydrogen-bond donors (Lipinski definition) is 1. The summed E-state index contributed by atoms with van der Waals surface area (Å²) >= 11 is 0. The summed E-state index contributed by atoms with van der Waals surface area (Å²) < 4.78 is 23.4. The molecule has 1 aliphatic heterocycles. The number of nitrogens with zero attached hydrogens (tertiary/aromatic N) is 1. The van der Waals surface area contributed by atoms with E-state index in [0.717, 1.165) is 32.5 Å². The Kier molecular flexibility index (Phi) is 5.65. The molecular weight excluding hydrogens is 284 g/mol. The Morgan fingerprint density at radius 2 is 2.05 bits per heavy atom. The van der Waals surface area contributed by atoms with E-state index < -0.39 is 9.84 Å². The molecule has 0 aromatic heterocycles. The van der Waals surface area contributed by atoms with Crippen molar-refractivity contribution in [2.24, 2.45) is 0 Å². The number of hydrogen-bond acceptors (Lipinski definition) is 4. The second kappa shape index (κ2) is 7.27. The second-order valence-electron chi connectivity index (χ2n) is 5.79. The molecule has 5 heteroatoms. The average molecular weight is 310 g/mol. The van der Waals surface area contributed by atoms with Crippen molar-refractivity contribution in [3.8, 4) is 0 Å². The molecule has 0 spiro atoms. The third-order valence-corrected chi connectivity index (χ3v) is 5.63. The molecule has 118 valence electrons. The first-order valence-corrected chi connectivity index (χ1v) is 9.59. The van der Waals surface area contributed by atoms with Gasteiger partial charge in [-0.15, -0.1) is 0 Å². The maximum Gasteiger partial charge on any atom is 0.152 e. The molecule has 1 aliphatic rings. The van der Waals surface area contributed by atoms with Crippen LogP contribution in [0.1, 0.15) is 30.9 Å². The number of sulfone groups is 1. The van der Waals surface area contributed by atoms with Crippen LogP contribution in [0.3, 0.4) is 0 Å². The highest BCUT2D eigenvalue weighted by molar-refractivity contribution is 7.91. The van der Waals surface area contributed by atoms with E-state index in [9.17, 15) is 8.42 Å². The van der Waals surface area contributed by atoms with Crippen LogP contribution in [0.15, 0.2) is 18.2 Å². The molecule has 1 N–H and O–H groups in total. The molecule has 21 heavy (non-hydrogen) atoms. The monoisotopic (exact) mass is 310 g/mol. The number of rotatable bonds is 5. The van der Waals surface area contributed by atoms with Gasteiger partial charge < -0.3 is 10.2 Å². The topological polar surface area (TPSA) is 49.4 Å². The van der Waals surface area contributed by atoms with E-state index in [1.807, 2.05) is 0 Å². The standard InChI is InChI=1S/C16H26N2O2S/c1-3-7-17-13-15-5-6-16(14(2)12-15)18-8-4-10-21(19,20)11-9-18/h5-6,12,17H,3-4,7-11,13H2,1-2H3. The van der Waals surface area contributed by atoms with Crippen molar-refractivity contribution in [1.82, 2.24) is 5.32 Å². The van der Waals surface area contributed by atoms with Gasteiger partial charge in [-0.05, 0) is 43.5 Å². The minimum Gasteiger partial charge on any atom is -0.370 e. The summed E-state index contributed by atoms with van der Waals surface area (Å²) in [7, 11) is -2.85. The van der Waals surface area contributed by atoms with Crippen molar-refractivity contribution in [3.05, 3.63) is 29.3 Å². The van der Waals surface area contributed by atoms with Gasteiger partial charge in [-0.1, -0.05) is 19.1 Å². The molecule has 0 saturated carbocycles. The van der Waals surface area contributed by atoms with Crippen LogP contribution in [-0.4, -0.2) is 39.6 Å². The van der Waals surface area contributed by atoms with Gasteiger partial charge in [0.25, 0.3) is 0 Å². The molecule has 1 aromatic rings. The molecule has 1 aromatic carbocycles. The van der Waals surface area contributed by atoms with Crippen LogP contribution in [0.2, 0.25) is 0 Å². The SMILES string of the molecule is CCCNCc1ccc(N2CCCS(=O)(=O)CC2)c(C)c1. The van der Waals surface area contributed by atoms with Crippen molar-refractivity contribution in [3.63, 3.8) is 0 Å². The van der Waals surface area contributed by atoms with Gasteiger partial charge in [-0.3, -0.25) is 0 Å². The maximum atomic E-state index is 11.7. The summed E-state index contributed by atoms with van der Waals surface area (Å²) in [5.74, 6) is 0.591. The molecule has 0 aliphatic carbocycles. The second-order valence-corrected chi connectivity index (χ2v) is 8.09. The van der Waals surface area contributed by atoms with E-state index in [1.54, 1.807) is 0 Å². The molecule has 0 radical (unpaired) electrons. The highest BCUT2D eigenvalue weighted by atomic mass is 32.2. The molecule has 1 saturated heterocycles. The predicted molar refractivity (Wildman–Crippen MR) is 88.7 cm³/mol. The lowest BCUT2D eigenvalue weighted by Crippen LogP contribution is -2.27. The van der Waals surface area contributed by atoms with E-state index in [-0.39, 0.29) is 5.75 Å². The minimum absolute atomic E-state index is 0.270. The highest BCUT2D eigenvalue weighted by Gasteiger charge is 2.20. The van der Waals surface area contributed by atoms with E-state index in [1.165, 1.54) is 16.8 Å². The fraction of sp³-hybridized carbons (Fsp3) is 0.625. The van der Waals surface area contributed by atoms with Crippen molar-refractivity contribution in [2.45, 2.75) is 33.2 Å². The Labute approximate surface area is 128 Å². The van der Waals surface area contributed by atoms with Crippen LogP contribution in [0.4, 0.5) is 5.69 Å². The molecule has 0 bridgehead atoms. The summed E-state index contributed by atoms with van der Waals surface area (Å²) in [4.78, 5) is 2.21. The van der Waals surface area contributed by atoms with Gasteiger partial charge in [-0.2, -0.15) is 0 Å². The number of nitrogens with one attached hydrogen (secondary N) is 1. The van der Waals surface area contributed by atoms with E-state index in [2.05, 4.69) is 42.3 Å². The molecule has 1 fully saturated rings. The molecular formula is C16H26N2O2S. The van der Waals surface area contributed by atoms with Gasteiger partial charge in [0, 0.05) is 25.3 Å². The Morgan fingerprint density at radius 1 is 1.24 bits per heavy atom. The van der Waals surface area contributed by atoms with Crippen LogP contribution in [0.25, 0.3) is 0 Å². The number of anilines is 1. The summed E-state index contributed by atoms with van der Waals surface area (Å²) in [5, 5.41) is 3.41. The first-order valence-electron chi connectivity index (χ1n) is 7.77. The molecule has 1 heterocycles. The molecule has 0 amide bonds.